The molecule has 51 heavy (non-hydrogen) atoms. The minimum Gasteiger partial charge on any atom is -0.392 e. The number of para-hydroxylation sites is 2. The van der Waals surface area contributed by atoms with Gasteiger partial charge in [-0.1, -0.05) is 50.2 Å². The molecule has 4 amide bonds. The summed E-state index contributed by atoms with van der Waals surface area (Å²) in [4.78, 5) is 59.3. The Balaban J connectivity index is 1.34. The van der Waals surface area contributed by atoms with E-state index in [1.54, 1.807) is 13.1 Å². The molecule has 0 aliphatic carbocycles. The molecule has 4 bridgehead atoms. The average Bonchev–Trinajstić information content (AvgIpc) is 3.64. The quantitative estimate of drug-likeness (QED) is 0.287. The van der Waals surface area contributed by atoms with Crippen molar-refractivity contribution >= 4 is 97.8 Å². The minimum absolute atomic E-state index is 0.320. The summed E-state index contributed by atoms with van der Waals surface area (Å²) in [7, 11) is 10.1. The van der Waals surface area contributed by atoms with E-state index in [9.17, 15) is 20.1 Å². The molecule has 2 spiro atoms. The van der Waals surface area contributed by atoms with Crippen molar-refractivity contribution in [3.8, 4) is 0 Å². The summed E-state index contributed by atoms with van der Waals surface area (Å²) in [6.07, 6.45) is -5.64. The molecule has 2 aromatic carbocycles. The van der Waals surface area contributed by atoms with Crippen molar-refractivity contribution in [2.45, 2.75) is 68.7 Å². The van der Waals surface area contributed by atoms with E-state index in [0.29, 0.717) is 22.5 Å². The second-order valence-corrected chi connectivity index (χ2v) is 23.2. The van der Waals surface area contributed by atoms with Crippen LogP contribution in [0.3, 0.4) is 0 Å². The molecule has 8 fully saturated rings. The van der Waals surface area contributed by atoms with Crippen LogP contribution in [0.25, 0.3) is 0 Å². The topological polar surface area (TPSA) is 166 Å². The maximum atomic E-state index is 15.4. The molecule has 1 unspecified atom stereocenters. The fraction of sp³-hybridized carbons (Fsp3) is 0.500. The van der Waals surface area contributed by atoms with Crippen molar-refractivity contribution in [2.75, 3.05) is 31.3 Å². The summed E-state index contributed by atoms with van der Waals surface area (Å²) in [5.74, 6) is -2.26. The number of nitrogens with zero attached hydrogens (tertiary/aromatic N) is 4. The van der Waals surface area contributed by atoms with E-state index >= 15 is 14.4 Å². The van der Waals surface area contributed by atoms with E-state index in [4.69, 9.17) is 0 Å². The molecule has 5 N–H and O–H groups in total. The van der Waals surface area contributed by atoms with Gasteiger partial charge in [0.05, 0.1) is 17.4 Å². The lowest BCUT2D eigenvalue weighted by Gasteiger charge is -2.52. The van der Waals surface area contributed by atoms with Gasteiger partial charge in [-0.2, -0.15) is 0 Å². The largest absolute Gasteiger partial charge is 0.392 e. The second kappa shape index (κ2) is 10.1. The smallest absolute Gasteiger partial charge is 0.265 e. The standard InChI is InChI=1S/C32H32N6O7S6/c1-14(2)30-26(45)38-22-29(16-10-6-8-12-18(16)34-22,20(41)32(38,49-51-47-30)25(44)36(30)4)28-15-9-5-7-11-17(15)33-21(28)37-23(42)27(13-39)35(3)24(43)31(37,19(28)40)48-50-46-27/h5-12,14,19-22,33-34,39-41H,13H2,1-4H3/t19-,20-,21-,22+,27-,28-,29?,30-,31-,32-/m0/s1. The van der Waals surface area contributed by atoms with E-state index in [2.05, 4.69) is 10.6 Å². The van der Waals surface area contributed by atoms with Gasteiger partial charge in [-0.05, 0) is 92.0 Å². The first-order valence-electron chi connectivity index (χ1n) is 16.3. The van der Waals surface area contributed by atoms with E-state index in [0.717, 1.165) is 42.2 Å². The number of piperazine rings is 2. The highest BCUT2D eigenvalue weighted by Gasteiger charge is 2.92. The Kier molecular flexibility index (Phi) is 6.66. The third kappa shape index (κ3) is 3.05. The van der Waals surface area contributed by atoms with Crippen LogP contribution in [-0.2, 0) is 30.0 Å². The number of hydrogen-bond donors (Lipinski definition) is 5. The molecule has 10 atom stereocenters. The third-order valence-electron chi connectivity index (χ3n) is 12.7. The maximum absolute atomic E-state index is 15.4. The molecule has 13 nitrogen and oxygen atoms in total. The number of anilines is 2. The summed E-state index contributed by atoms with van der Waals surface area (Å²) in [6.45, 7) is 3.13. The number of nitrogens with one attached hydrogen (secondary N) is 2. The third-order valence-corrected chi connectivity index (χ3v) is 23.1. The molecule has 10 aliphatic heterocycles. The first-order chi connectivity index (χ1) is 24.3. The number of rotatable bonds is 3. The van der Waals surface area contributed by atoms with Crippen LogP contribution in [0, 0.1) is 5.92 Å². The van der Waals surface area contributed by atoms with Gasteiger partial charge < -0.3 is 35.8 Å². The second-order valence-electron chi connectivity index (χ2n) is 14.5. The zero-order valence-corrected chi connectivity index (χ0v) is 32.3. The molecule has 8 saturated heterocycles. The Labute approximate surface area is 315 Å². The Morgan fingerprint density at radius 2 is 1.16 bits per heavy atom. The predicted molar refractivity (Wildman–Crippen MR) is 201 cm³/mol. The van der Waals surface area contributed by atoms with Crippen LogP contribution in [-0.4, -0.2) is 123 Å². The fourth-order valence-corrected chi connectivity index (χ4v) is 22.7. The Morgan fingerprint density at radius 1 is 0.686 bits per heavy atom. The minimum atomic E-state index is -1.92. The van der Waals surface area contributed by atoms with Crippen molar-refractivity contribution in [2.24, 2.45) is 5.92 Å². The molecule has 0 saturated carbocycles. The predicted octanol–water partition coefficient (Wildman–Crippen LogP) is 2.24. The summed E-state index contributed by atoms with van der Waals surface area (Å²) < 4.78 is 0. The van der Waals surface area contributed by atoms with Crippen molar-refractivity contribution < 1.29 is 34.5 Å². The number of likely N-dealkylation sites (N-methyl/N-ethyl adjacent to an activating group) is 2. The van der Waals surface area contributed by atoms with Gasteiger partial charge in [0, 0.05) is 25.5 Å². The molecular formula is C32H32N6O7S6. The van der Waals surface area contributed by atoms with Crippen LogP contribution in [0.5, 0.6) is 0 Å². The molecule has 0 radical (unpaired) electrons. The number of benzene rings is 2. The fourth-order valence-electron chi connectivity index (χ4n) is 10.5. The van der Waals surface area contributed by atoms with Crippen LogP contribution in [0.15, 0.2) is 48.5 Å². The van der Waals surface area contributed by atoms with Crippen molar-refractivity contribution in [3.63, 3.8) is 0 Å². The molecule has 268 valence electrons. The number of hydrogen-bond acceptors (Lipinski definition) is 15. The average molecular weight is 805 g/mol. The highest BCUT2D eigenvalue weighted by atomic mass is 33.5. The van der Waals surface area contributed by atoms with Gasteiger partial charge in [-0.15, -0.1) is 0 Å². The van der Waals surface area contributed by atoms with Gasteiger partial charge >= 0.3 is 0 Å². The summed E-state index contributed by atoms with van der Waals surface area (Å²) in [5, 5.41) is 45.0. The Hall–Kier alpha value is -2.10. The van der Waals surface area contributed by atoms with Gasteiger partial charge in [-0.25, -0.2) is 0 Å². The van der Waals surface area contributed by atoms with E-state index < -0.39 is 79.2 Å². The van der Waals surface area contributed by atoms with Gasteiger partial charge in [-0.3, -0.25) is 29.0 Å². The van der Waals surface area contributed by atoms with Gasteiger partial charge in [0.25, 0.3) is 23.6 Å². The van der Waals surface area contributed by atoms with Crippen LogP contribution in [0.1, 0.15) is 25.0 Å². The summed E-state index contributed by atoms with van der Waals surface area (Å²) in [5.41, 5.74) is -1.21. The number of carbonyl (C=O) groups excluding carboxylic acids is 4. The molecule has 19 heteroatoms. The molecule has 10 aliphatic rings. The summed E-state index contributed by atoms with van der Waals surface area (Å²) in [6, 6.07) is 14.6. The maximum Gasteiger partial charge on any atom is 0.265 e. The zero-order chi connectivity index (χ0) is 35.8. The molecule has 2 aromatic rings. The lowest BCUT2D eigenvalue weighted by Crippen LogP contribution is -2.75. The molecular weight excluding hydrogens is 773 g/mol. The number of aliphatic hydroxyl groups excluding tert-OH is 3. The highest BCUT2D eigenvalue weighted by molar-refractivity contribution is 9.10. The first kappa shape index (κ1) is 33.5. The number of amides is 4. The lowest BCUT2D eigenvalue weighted by molar-refractivity contribution is -0.169. The monoisotopic (exact) mass is 804 g/mol. The molecule has 0 aromatic heterocycles. The van der Waals surface area contributed by atoms with Crippen LogP contribution in [0.2, 0.25) is 0 Å². The van der Waals surface area contributed by atoms with Crippen LogP contribution < -0.4 is 10.6 Å². The number of aliphatic hydroxyl groups is 3. The molecule has 10 heterocycles. The van der Waals surface area contributed by atoms with Crippen LogP contribution in [0.4, 0.5) is 11.4 Å². The van der Waals surface area contributed by atoms with E-state index in [-0.39, 0.29) is 11.8 Å². The van der Waals surface area contributed by atoms with Crippen LogP contribution >= 0.6 is 62.8 Å². The normalized spacial score (nSPS) is 44.2. The summed E-state index contributed by atoms with van der Waals surface area (Å²) >= 11 is 0. The first-order valence-corrected chi connectivity index (χ1v) is 23.3. The van der Waals surface area contributed by atoms with Crippen molar-refractivity contribution in [3.05, 3.63) is 59.7 Å². The van der Waals surface area contributed by atoms with Gasteiger partial charge in [0.2, 0.25) is 14.6 Å². The zero-order valence-electron chi connectivity index (χ0n) is 27.4. The van der Waals surface area contributed by atoms with Gasteiger partial charge in [0.1, 0.15) is 24.5 Å². The highest BCUT2D eigenvalue weighted by Crippen LogP contribution is 2.78. The lowest BCUT2D eigenvalue weighted by atomic mass is 9.52. The van der Waals surface area contributed by atoms with Gasteiger partial charge in [0.15, 0.2) is 4.87 Å². The Bertz CT molecular complexity index is 2020. The number of fused-ring (bicyclic) bond motifs is 13. The number of carbonyl (C=O) groups is 4. The van der Waals surface area contributed by atoms with E-state index in [1.165, 1.54) is 47.3 Å². The Morgan fingerprint density at radius 3 is 1.67 bits per heavy atom. The SMILES string of the molecule is CC(C)[C@@]12SSS[C@]3(C(=O)N1C)[C@@H](O)C1([C@]45c6ccccc6N[C@H]4N4C(=O)[C@]6(CO)SSS[C@]4(C(=O)N6C)[C@H]5O)c4ccccc4N[C@@H]1N3C2=O. The van der Waals surface area contributed by atoms with Crippen molar-refractivity contribution in [1.82, 2.24) is 19.6 Å². The van der Waals surface area contributed by atoms with Crippen molar-refractivity contribution in [1.29, 1.82) is 0 Å². The molecule has 12 rings (SSSR count). The van der Waals surface area contributed by atoms with E-state index in [1.807, 2.05) is 56.3 Å².